The lowest BCUT2D eigenvalue weighted by molar-refractivity contribution is 1.08. The Morgan fingerprint density at radius 2 is 2.16 bits per heavy atom. The number of fused-ring (bicyclic) bond motifs is 1. The van der Waals surface area contributed by atoms with Crippen LogP contribution in [-0.2, 0) is 6.54 Å². The molecule has 0 radical (unpaired) electrons. The van der Waals surface area contributed by atoms with Crippen LogP contribution in [0.5, 0.6) is 0 Å². The first kappa shape index (κ1) is 12.5. The molecule has 1 N–H and O–H groups in total. The Balaban J connectivity index is 1.76. The number of aryl methyl sites for hydroxylation is 1. The number of benzene rings is 1. The SMILES string of the molecule is Cc1ccc(NCc2cn3ccccc3n2)cc1I. The number of hydrogen-bond donors (Lipinski definition) is 1. The molecule has 3 rings (SSSR count). The van der Waals surface area contributed by atoms with Gasteiger partial charge in [-0.15, -0.1) is 0 Å². The van der Waals surface area contributed by atoms with E-state index in [0.29, 0.717) is 0 Å². The molecular formula is C15H14IN3. The number of pyridine rings is 1. The van der Waals surface area contributed by atoms with Crippen LogP contribution in [0, 0.1) is 10.5 Å². The first-order chi connectivity index (χ1) is 9.22. The van der Waals surface area contributed by atoms with E-state index in [0.717, 1.165) is 23.6 Å². The van der Waals surface area contributed by atoms with E-state index in [1.165, 1.54) is 9.13 Å². The van der Waals surface area contributed by atoms with Crippen molar-refractivity contribution in [3.05, 3.63) is 63.6 Å². The van der Waals surface area contributed by atoms with Crippen molar-refractivity contribution in [1.29, 1.82) is 0 Å². The second-order valence-electron chi connectivity index (χ2n) is 4.52. The third-order valence-electron chi connectivity index (χ3n) is 3.06. The molecule has 0 atom stereocenters. The molecule has 0 saturated heterocycles. The molecule has 0 saturated carbocycles. The van der Waals surface area contributed by atoms with Crippen molar-refractivity contribution < 1.29 is 0 Å². The summed E-state index contributed by atoms with van der Waals surface area (Å²) in [6.45, 7) is 2.86. The van der Waals surface area contributed by atoms with Gasteiger partial charge in [0.1, 0.15) is 5.65 Å². The van der Waals surface area contributed by atoms with Gasteiger partial charge in [-0.25, -0.2) is 4.98 Å². The van der Waals surface area contributed by atoms with E-state index < -0.39 is 0 Å². The highest BCUT2D eigenvalue weighted by molar-refractivity contribution is 14.1. The third-order valence-corrected chi connectivity index (χ3v) is 4.22. The quantitative estimate of drug-likeness (QED) is 0.716. The number of anilines is 1. The lowest BCUT2D eigenvalue weighted by Gasteiger charge is -2.06. The molecule has 0 amide bonds. The van der Waals surface area contributed by atoms with Gasteiger partial charge in [-0.1, -0.05) is 12.1 Å². The predicted molar refractivity (Wildman–Crippen MR) is 86.4 cm³/mol. The van der Waals surface area contributed by atoms with Crippen molar-refractivity contribution in [3.63, 3.8) is 0 Å². The van der Waals surface area contributed by atoms with E-state index in [-0.39, 0.29) is 0 Å². The maximum Gasteiger partial charge on any atom is 0.137 e. The molecule has 0 aliphatic heterocycles. The number of imidazole rings is 1. The van der Waals surface area contributed by atoms with Gasteiger partial charge in [-0.2, -0.15) is 0 Å². The van der Waals surface area contributed by atoms with E-state index in [2.05, 4.69) is 64.2 Å². The molecule has 2 heterocycles. The number of hydrogen-bond acceptors (Lipinski definition) is 2. The molecule has 3 aromatic rings. The van der Waals surface area contributed by atoms with E-state index in [9.17, 15) is 0 Å². The highest BCUT2D eigenvalue weighted by Gasteiger charge is 2.01. The van der Waals surface area contributed by atoms with Gasteiger partial charge in [0.15, 0.2) is 0 Å². The Morgan fingerprint density at radius 3 is 2.95 bits per heavy atom. The zero-order valence-electron chi connectivity index (χ0n) is 10.6. The highest BCUT2D eigenvalue weighted by Crippen LogP contribution is 2.17. The van der Waals surface area contributed by atoms with Crippen molar-refractivity contribution >= 4 is 33.9 Å². The Hall–Kier alpha value is -1.56. The van der Waals surface area contributed by atoms with Gasteiger partial charge in [0.25, 0.3) is 0 Å². The molecular weight excluding hydrogens is 349 g/mol. The molecule has 0 aliphatic carbocycles. The van der Waals surface area contributed by atoms with Gasteiger partial charge in [0.2, 0.25) is 0 Å². The smallest absolute Gasteiger partial charge is 0.137 e. The summed E-state index contributed by atoms with van der Waals surface area (Å²) in [6.07, 6.45) is 4.07. The minimum absolute atomic E-state index is 0.737. The van der Waals surface area contributed by atoms with Gasteiger partial charge >= 0.3 is 0 Å². The highest BCUT2D eigenvalue weighted by atomic mass is 127. The standard InChI is InChI=1S/C15H14IN3/c1-11-5-6-12(8-14(11)16)17-9-13-10-19-7-3-2-4-15(19)18-13/h2-8,10,17H,9H2,1H3. The van der Waals surface area contributed by atoms with E-state index in [1.54, 1.807) is 0 Å². The molecule has 96 valence electrons. The van der Waals surface area contributed by atoms with Gasteiger partial charge in [0, 0.05) is 21.7 Å². The summed E-state index contributed by atoms with van der Waals surface area (Å²) in [5.74, 6) is 0. The summed E-state index contributed by atoms with van der Waals surface area (Å²) >= 11 is 2.36. The van der Waals surface area contributed by atoms with Crippen LogP contribution in [0.15, 0.2) is 48.8 Å². The Labute approximate surface area is 125 Å². The number of rotatable bonds is 3. The van der Waals surface area contributed by atoms with Crippen molar-refractivity contribution in [2.75, 3.05) is 5.32 Å². The molecule has 0 fully saturated rings. The van der Waals surface area contributed by atoms with E-state index >= 15 is 0 Å². The molecule has 19 heavy (non-hydrogen) atoms. The van der Waals surface area contributed by atoms with Gasteiger partial charge in [0.05, 0.1) is 12.2 Å². The number of nitrogens with zero attached hydrogens (tertiary/aromatic N) is 2. The van der Waals surface area contributed by atoms with Crippen LogP contribution in [0.25, 0.3) is 5.65 Å². The topological polar surface area (TPSA) is 29.3 Å². The van der Waals surface area contributed by atoms with Crippen LogP contribution in [0.1, 0.15) is 11.3 Å². The van der Waals surface area contributed by atoms with Gasteiger partial charge in [-0.05, 0) is 59.3 Å². The first-order valence-corrected chi connectivity index (χ1v) is 7.23. The molecule has 0 spiro atoms. The minimum Gasteiger partial charge on any atom is -0.379 e. The Bertz CT molecular complexity index is 685. The predicted octanol–water partition coefficient (Wildman–Crippen LogP) is 3.86. The van der Waals surface area contributed by atoms with Crippen LogP contribution in [-0.4, -0.2) is 9.38 Å². The van der Waals surface area contributed by atoms with E-state index in [4.69, 9.17) is 0 Å². The number of halogens is 1. The summed E-state index contributed by atoms with van der Waals surface area (Å²) < 4.78 is 3.31. The fourth-order valence-corrected chi connectivity index (χ4v) is 2.48. The van der Waals surface area contributed by atoms with Crippen LogP contribution >= 0.6 is 22.6 Å². The van der Waals surface area contributed by atoms with Gasteiger partial charge < -0.3 is 9.72 Å². The lowest BCUT2D eigenvalue weighted by atomic mass is 10.2. The van der Waals surface area contributed by atoms with Crippen molar-refractivity contribution in [2.45, 2.75) is 13.5 Å². The molecule has 2 aromatic heterocycles. The zero-order valence-corrected chi connectivity index (χ0v) is 12.8. The summed E-state index contributed by atoms with van der Waals surface area (Å²) in [5.41, 5.74) is 4.46. The monoisotopic (exact) mass is 363 g/mol. The fraction of sp³-hybridized carbons (Fsp3) is 0.133. The summed E-state index contributed by atoms with van der Waals surface area (Å²) in [7, 11) is 0. The van der Waals surface area contributed by atoms with Crippen molar-refractivity contribution in [3.8, 4) is 0 Å². The fourth-order valence-electron chi connectivity index (χ4n) is 1.97. The number of aromatic nitrogens is 2. The maximum absolute atomic E-state index is 4.57. The first-order valence-electron chi connectivity index (χ1n) is 6.15. The summed E-state index contributed by atoms with van der Waals surface area (Å²) in [6, 6.07) is 12.4. The second kappa shape index (κ2) is 5.21. The largest absolute Gasteiger partial charge is 0.379 e. The van der Waals surface area contributed by atoms with Crippen LogP contribution in [0.4, 0.5) is 5.69 Å². The molecule has 4 heteroatoms. The Kier molecular flexibility index (Phi) is 3.42. The molecule has 0 bridgehead atoms. The minimum atomic E-state index is 0.737. The van der Waals surface area contributed by atoms with Gasteiger partial charge in [-0.3, -0.25) is 0 Å². The molecule has 0 aliphatic rings. The molecule has 1 aromatic carbocycles. The average Bonchev–Trinajstić information content (AvgIpc) is 2.83. The Morgan fingerprint density at radius 1 is 1.26 bits per heavy atom. The average molecular weight is 363 g/mol. The van der Waals surface area contributed by atoms with Crippen LogP contribution < -0.4 is 5.32 Å². The van der Waals surface area contributed by atoms with Crippen LogP contribution in [0.2, 0.25) is 0 Å². The second-order valence-corrected chi connectivity index (χ2v) is 5.68. The normalized spacial score (nSPS) is 10.8. The summed E-state index contributed by atoms with van der Waals surface area (Å²) in [4.78, 5) is 4.57. The maximum atomic E-state index is 4.57. The lowest BCUT2D eigenvalue weighted by Crippen LogP contribution is -2.00. The molecule has 3 nitrogen and oxygen atoms in total. The van der Waals surface area contributed by atoms with Crippen molar-refractivity contribution in [2.24, 2.45) is 0 Å². The van der Waals surface area contributed by atoms with Crippen LogP contribution in [0.3, 0.4) is 0 Å². The third kappa shape index (κ3) is 2.73. The summed E-state index contributed by atoms with van der Waals surface area (Å²) in [5, 5.41) is 3.41. The van der Waals surface area contributed by atoms with Crippen molar-refractivity contribution in [1.82, 2.24) is 9.38 Å². The molecule has 0 unspecified atom stereocenters. The van der Waals surface area contributed by atoms with E-state index in [1.807, 2.05) is 28.8 Å². The zero-order chi connectivity index (χ0) is 13.2. The number of nitrogens with one attached hydrogen (secondary N) is 1.